The second kappa shape index (κ2) is 6.61. The number of carbonyl (C=O) groups excluding carboxylic acids is 1. The third-order valence-electron chi connectivity index (χ3n) is 5.81. The van der Waals surface area contributed by atoms with E-state index >= 15 is 0 Å². The Kier molecular flexibility index (Phi) is 4.35. The van der Waals surface area contributed by atoms with Crippen molar-refractivity contribution in [3.8, 4) is 0 Å². The zero-order chi connectivity index (χ0) is 20.2. The summed E-state index contributed by atoms with van der Waals surface area (Å²) in [7, 11) is 4.48. The van der Waals surface area contributed by atoms with Crippen LogP contribution < -0.4 is 27.4 Å². The average Bonchev–Trinajstić information content (AvgIpc) is 3.09. The van der Waals surface area contributed by atoms with Crippen LogP contribution >= 0.6 is 0 Å². The smallest absolute Gasteiger partial charge is 0.337 e. The highest BCUT2D eigenvalue weighted by molar-refractivity contribution is 5.89. The van der Waals surface area contributed by atoms with Crippen LogP contribution in [-0.2, 0) is 18.8 Å². The number of benzene rings is 1. The number of fused-ring (bicyclic) bond motifs is 2. The third kappa shape index (κ3) is 2.58. The first-order chi connectivity index (χ1) is 13.3. The fourth-order valence-corrected chi connectivity index (χ4v) is 4.31. The maximum absolute atomic E-state index is 13.1. The lowest BCUT2D eigenvalue weighted by atomic mass is 9.75. The van der Waals surface area contributed by atoms with Crippen molar-refractivity contribution in [1.29, 1.82) is 0 Å². The molecule has 9 heteroatoms. The number of aromatic nitrogens is 2. The highest BCUT2D eigenvalue weighted by Gasteiger charge is 2.46. The lowest BCUT2D eigenvalue weighted by molar-refractivity contribution is 0.0600. The summed E-state index contributed by atoms with van der Waals surface area (Å²) in [5.74, 6) is -0.122. The summed E-state index contributed by atoms with van der Waals surface area (Å²) in [5.41, 5.74) is 7.63. The predicted molar refractivity (Wildman–Crippen MR) is 103 cm³/mol. The molecular weight excluding hydrogens is 362 g/mol. The first-order valence-corrected chi connectivity index (χ1v) is 9.11. The zero-order valence-corrected chi connectivity index (χ0v) is 16.1. The van der Waals surface area contributed by atoms with E-state index in [0.717, 1.165) is 10.1 Å². The van der Waals surface area contributed by atoms with E-state index in [0.29, 0.717) is 16.9 Å². The fraction of sp³-hybridized carbons (Fsp3) is 0.421. The van der Waals surface area contributed by atoms with Gasteiger partial charge in [0.2, 0.25) is 0 Å². The van der Waals surface area contributed by atoms with Crippen molar-refractivity contribution in [3.63, 3.8) is 0 Å². The molecule has 4 unspecified atom stereocenters. The van der Waals surface area contributed by atoms with Crippen molar-refractivity contribution in [2.24, 2.45) is 20.0 Å². The number of ether oxygens (including phenoxy) is 1. The van der Waals surface area contributed by atoms with E-state index in [2.05, 4.69) is 16.2 Å². The molecule has 1 saturated heterocycles. The summed E-state index contributed by atoms with van der Waals surface area (Å²) in [6.45, 7) is 2.05. The number of anilines is 1. The molecule has 3 N–H and O–H groups in total. The predicted octanol–water partition coefficient (Wildman–Crippen LogP) is -0.133. The highest BCUT2D eigenvalue weighted by Crippen LogP contribution is 2.42. The minimum atomic E-state index is -0.411. The van der Waals surface area contributed by atoms with Crippen molar-refractivity contribution in [3.05, 3.63) is 61.8 Å². The number of hydrazine groups is 1. The first kappa shape index (κ1) is 18.5. The molecule has 1 fully saturated rings. The topological polar surface area (TPSA) is 106 Å². The molecule has 0 spiro atoms. The van der Waals surface area contributed by atoms with Gasteiger partial charge in [-0.2, -0.15) is 0 Å². The van der Waals surface area contributed by atoms with Gasteiger partial charge in [0.25, 0.3) is 5.56 Å². The van der Waals surface area contributed by atoms with Gasteiger partial charge >= 0.3 is 11.7 Å². The Hall–Kier alpha value is -2.91. The summed E-state index contributed by atoms with van der Waals surface area (Å²) < 4.78 is 7.37. The van der Waals surface area contributed by atoms with Crippen molar-refractivity contribution < 1.29 is 9.53 Å². The van der Waals surface area contributed by atoms with Crippen LogP contribution in [0, 0.1) is 5.92 Å². The molecule has 0 saturated carbocycles. The Labute approximate surface area is 161 Å². The van der Waals surface area contributed by atoms with E-state index in [-0.39, 0.29) is 35.3 Å². The van der Waals surface area contributed by atoms with Crippen molar-refractivity contribution in [2.45, 2.75) is 25.0 Å². The van der Waals surface area contributed by atoms with Crippen LogP contribution in [0.5, 0.6) is 0 Å². The van der Waals surface area contributed by atoms with Gasteiger partial charge in [-0.25, -0.2) is 15.0 Å². The van der Waals surface area contributed by atoms with E-state index in [4.69, 9.17) is 4.74 Å². The normalized spacial score (nSPS) is 25.6. The largest absolute Gasteiger partial charge is 0.465 e. The van der Waals surface area contributed by atoms with Gasteiger partial charge in [-0.3, -0.25) is 19.4 Å². The van der Waals surface area contributed by atoms with Crippen molar-refractivity contribution >= 4 is 11.8 Å². The number of rotatable bonds is 2. The van der Waals surface area contributed by atoms with Gasteiger partial charge in [-0.1, -0.05) is 12.1 Å². The lowest BCUT2D eigenvalue weighted by Gasteiger charge is -2.38. The Bertz CT molecular complexity index is 1060. The Morgan fingerprint density at radius 2 is 1.75 bits per heavy atom. The molecule has 0 aliphatic carbocycles. The molecule has 4 rings (SSSR count). The van der Waals surface area contributed by atoms with E-state index in [9.17, 15) is 14.4 Å². The van der Waals surface area contributed by atoms with Crippen molar-refractivity contribution in [1.82, 2.24) is 20.0 Å². The minimum absolute atomic E-state index is 0.0293. The van der Waals surface area contributed by atoms with E-state index in [1.165, 1.54) is 18.7 Å². The molecule has 2 aromatic rings. The molecule has 0 radical (unpaired) electrons. The van der Waals surface area contributed by atoms with Gasteiger partial charge in [0.05, 0.1) is 24.4 Å². The molecule has 148 valence electrons. The Balaban J connectivity index is 1.93. The molecule has 28 heavy (non-hydrogen) atoms. The first-order valence-electron chi connectivity index (χ1n) is 9.11. The number of esters is 1. The maximum atomic E-state index is 13.1. The zero-order valence-electron chi connectivity index (χ0n) is 16.1. The SMILES string of the molecule is COC(=O)c1ccc(C2c3c(n(C)c(=O)n(C)c3=O)NC3NNC(C)C32)cc1. The second-order valence-electron chi connectivity index (χ2n) is 7.34. The second-order valence-corrected chi connectivity index (χ2v) is 7.34. The van der Waals surface area contributed by atoms with E-state index in [1.807, 2.05) is 19.1 Å². The standard InChI is InChI=1S/C19H23N5O4/c1-9-12-13(10-5-7-11(8-6-10)18(26)28-4)14-16(20-15(12)22-21-9)23(2)19(27)24(3)17(14)25/h5-9,12-13,15,20-22H,1-4H3. The third-order valence-corrected chi connectivity index (χ3v) is 5.81. The minimum Gasteiger partial charge on any atom is -0.465 e. The van der Waals surface area contributed by atoms with Crippen LogP contribution in [0.4, 0.5) is 5.82 Å². The summed E-state index contributed by atoms with van der Waals surface area (Å²) in [6.07, 6.45) is -0.148. The van der Waals surface area contributed by atoms with Crippen LogP contribution in [0.1, 0.15) is 34.3 Å². The summed E-state index contributed by atoms with van der Waals surface area (Å²) in [5, 5.41) is 3.31. The Morgan fingerprint density at radius 3 is 2.39 bits per heavy atom. The molecule has 4 atom stereocenters. The lowest BCUT2D eigenvalue weighted by Crippen LogP contribution is -2.50. The summed E-state index contributed by atoms with van der Waals surface area (Å²) in [6, 6.07) is 7.17. The van der Waals surface area contributed by atoms with Gasteiger partial charge in [0.15, 0.2) is 0 Å². The molecule has 9 nitrogen and oxygen atoms in total. The molecule has 3 heterocycles. The van der Waals surface area contributed by atoms with Crippen LogP contribution in [0.3, 0.4) is 0 Å². The molecule has 1 aromatic carbocycles. The number of hydrogen-bond donors (Lipinski definition) is 3. The quantitative estimate of drug-likeness (QED) is 0.618. The number of carbonyl (C=O) groups is 1. The van der Waals surface area contributed by atoms with Gasteiger partial charge in [-0.15, -0.1) is 0 Å². The highest BCUT2D eigenvalue weighted by atomic mass is 16.5. The molecule has 0 amide bonds. The van der Waals surface area contributed by atoms with Crippen LogP contribution in [0.25, 0.3) is 0 Å². The number of methoxy groups -OCH3 is 1. The summed E-state index contributed by atoms with van der Waals surface area (Å²) >= 11 is 0. The molecule has 1 aromatic heterocycles. The molecule has 0 bridgehead atoms. The summed E-state index contributed by atoms with van der Waals surface area (Å²) in [4.78, 5) is 37.3. The van der Waals surface area contributed by atoms with Crippen LogP contribution in [0.2, 0.25) is 0 Å². The monoisotopic (exact) mass is 385 g/mol. The Morgan fingerprint density at radius 1 is 1.07 bits per heavy atom. The number of nitrogens with one attached hydrogen (secondary N) is 3. The maximum Gasteiger partial charge on any atom is 0.337 e. The fourth-order valence-electron chi connectivity index (χ4n) is 4.31. The van der Waals surface area contributed by atoms with Gasteiger partial charge in [0.1, 0.15) is 5.82 Å². The number of nitrogens with zero attached hydrogens (tertiary/aromatic N) is 2. The molecule has 2 aliphatic rings. The molecule has 2 aliphatic heterocycles. The van der Waals surface area contributed by atoms with Gasteiger partial charge in [-0.05, 0) is 24.6 Å². The molecular formula is C19H23N5O4. The van der Waals surface area contributed by atoms with E-state index in [1.54, 1.807) is 19.2 Å². The van der Waals surface area contributed by atoms with Gasteiger partial charge < -0.3 is 10.1 Å². The van der Waals surface area contributed by atoms with Gasteiger partial charge in [0, 0.05) is 32.0 Å². The van der Waals surface area contributed by atoms with Crippen LogP contribution in [0.15, 0.2) is 33.9 Å². The van der Waals surface area contributed by atoms with Crippen molar-refractivity contribution in [2.75, 3.05) is 12.4 Å². The number of hydrogen-bond acceptors (Lipinski definition) is 7. The van der Waals surface area contributed by atoms with E-state index < -0.39 is 5.97 Å². The van der Waals surface area contributed by atoms with Crippen LogP contribution in [-0.4, -0.2) is 34.4 Å². The average molecular weight is 385 g/mol.